The lowest BCUT2D eigenvalue weighted by Gasteiger charge is -2.03. The number of hydrogen-bond donors (Lipinski definition) is 0. The number of nitrogens with zero attached hydrogens (tertiary/aromatic N) is 1. The van der Waals surface area contributed by atoms with Crippen molar-refractivity contribution in [2.24, 2.45) is 0 Å². The second-order valence-electron chi connectivity index (χ2n) is 4.89. The van der Waals surface area contributed by atoms with E-state index in [2.05, 4.69) is 5.16 Å². The first-order valence-corrected chi connectivity index (χ1v) is 7.49. The van der Waals surface area contributed by atoms with Gasteiger partial charge in [-0.15, -0.1) is 0 Å². The number of unbranched alkanes of at least 4 members (excludes halogenated alkanes) is 1. The van der Waals surface area contributed by atoms with Gasteiger partial charge in [-0.2, -0.15) is 0 Å². The summed E-state index contributed by atoms with van der Waals surface area (Å²) >= 11 is 0. The fourth-order valence-corrected chi connectivity index (χ4v) is 2.21. The molecule has 0 bridgehead atoms. The molecule has 1 aromatic carbocycles. The quantitative estimate of drug-likeness (QED) is 0.550. The van der Waals surface area contributed by atoms with Crippen molar-refractivity contribution >= 4 is 5.97 Å². The van der Waals surface area contributed by atoms with Crippen LogP contribution in [0.2, 0.25) is 0 Å². The van der Waals surface area contributed by atoms with E-state index in [9.17, 15) is 4.79 Å². The molecule has 1 heterocycles. The summed E-state index contributed by atoms with van der Waals surface area (Å²) in [7, 11) is 1.63. The van der Waals surface area contributed by atoms with Crippen molar-refractivity contribution in [3.05, 3.63) is 36.0 Å². The molecule has 0 aliphatic heterocycles. The summed E-state index contributed by atoms with van der Waals surface area (Å²) in [6, 6.07) is 9.58. The van der Waals surface area contributed by atoms with E-state index >= 15 is 0 Å². The maximum absolute atomic E-state index is 11.2. The Bertz CT molecular complexity index is 606. The number of hydrogen-bond acceptors (Lipinski definition) is 5. The number of rotatable bonds is 8. The number of esters is 1. The maximum atomic E-state index is 11.2. The zero-order chi connectivity index (χ0) is 15.8. The second-order valence-corrected chi connectivity index (χ2v) is 4.89. The Kier molecular flexibility index (Phi) is 6.01. The fraction of sp³-hybridized carbons (Fsp3) is 0.412. The Hall–Kier alpha value is -2.30. The van der Waals surface area contributed by atoms with E-state index in [0.717, 1.165) is 36.3 Å². The summed E-state index contributed by atoms with van der Waals surface area (Å²) in [6.07, 6.45) is 2.88. The molecule has 0 unspecified atom stereocenters. The minimum absolute atomic E-state index is 0.141. The van der Waals surface area contributed by atoms with E-state index in [4.69, 9.17) is 14.0 Å². The molecule has 2 aromatic rings. The summed E-state index contributed by atoms with van der Waals surface area (Å²) < 4.78 is 15.6. The van der Waals surface area contributed by atoms with Gasteiger partial charge in [-0.25, -0.2) is 0 Å². The molecule has 0 amide bonds. The van der Waals surface area contributed by atoms with Crippen LogP contribution in [0.15, 0.2) is 34.9 Å². The van der Waals surface area contributed by atoms with Gasteiger partial charge in [0.05, 0.1) is 25.0 Å². The van der Waals surface area contributed by atoms with Crippen LogP contribution in [0, 0.1) is 0 Å². The van der Waals surface area contributed by atoms with E-state index in [1.807, 2.05) is 37.3 Å². The zero-order valence-electron chi connectivity index (χ0n) is 13.0. The van der Waals surface area contributed by atoms with Gasteiger partial charge in [0.25, 0.3) is 0 Å². The molecule has 5 heteroatoms. The largest absolute Gasteiger partial charge is 0.496 e. The number of benzene rings is 1. The van der Waals surface area contributed by atoms with E-state index in [-0.39, 0.29) is 5.97 Å². The van der Waals surface area contributed by atoms with Gasteiger partial charge in [0, 0.05) is 12.5 Å². The molecule has 0 aliphatic carbocycles. The standard InChI is InChI=1S/C17H21NO4/c1-3-21-17(19)11-7-4-8-13-12-16(22-18-13)14-9-5-6-10-15(14)20-2/h5-6,9-10,12H,3-4,7-8,11H2,1-2H3. The maximum Gasteiger partial charge on any atom is 0.305 e. The first kappa shape index (κ1) is 16.1. The number of carbonyl (C=O) groups is 1. The lowest BCUT2D eigenvalue weighted by molar-refractivity contribution is -0.143. The highest BCUT2D eigenvalue weighted by molar-refractivity contribution is 5.69. The van der Waals surface area contributed by atoms with E-state index in [1.54, 1.807) is 7.11 Å². The molecule has 2 rings (SSSR count). The Balaban J connectivity index is 1.88. The molecule has 0 atom stereocenters. The Morgan fingerprint density at radius 1 is 1.27 bits per heavy atom. The van der Waals surface area contributed by atoms with Crippen LogP contribution in [0.5, 0.6) is 5.75 Å². The first-order valence-electron chi connectivity index (χ1n) is 7.49. The minimum Gasteiger partial charge on any atom is -0.496 e. The van der Waals surface area contributed by atoms with Crippen molar-refractivity contribution < 1.29 is 18.8 Å². The zero-order valence-corrected chi connectivity index (χ0v) is 13.0. The molecule has 5 nitrogen and oxygen atoms in total. The smallest absolute Gasteiger partial charge is 0.305 e. The average molecular weight is 303 g/mol. The van der Waals surface area contributed by atoms with Crippen molar-refractivity contribution in [1.29, 1.82) is 0 Å². The third-order valence-corrected chi connectivity index (χ3v) is 3.30. The Morgan fingerprint density at radius 3 is 2.86 bits per heavy atom. The van der Waals surface area contributed by atoms with Crippen LogP contribution >= 0.6 is 0 Å². The van der Waals surface area contributed by atoms with Crippen LogP contribution < -0.4 is 4.74 Å². The number of ether oxygens (including phenoxy) is 2. The van der Waals surface area contributed by atoms with Crippen molar-refractivity contribution in [1.82, 2.24) is 5.16 Å². The van der Waals surface area contributed by atoms with Gasteiger partial charge in [-0.3, -0.25) is 4.79 Å². The van der Waals surface area contributed by atoms with Crippen molar-refractivity contribution in [3.8, 4) is 17.1 Å². The number of carbonyl (C=O) groups excluding carboxylic acids is 1. The van der Waals surface area contributed by atoms with Crippen molar-refractivity contribution in [2.75, 3.05) is 13.7 Å². The SMILES string of the molecule is CCOC(=O)CCCCc1cc(-c2ccccc2OC)on1. The van der Waals surface area contributed by atoms with Gasteiger partial charge < -0.3 is 14.0 Å². The van der Waals surface area contributed by atoms with Gasteiger partial charge in [0.2, 0.25) is 0 Å². The van der Waals surface area contributed by atoms with Gasteiger partial charge in [0.1, 0.15) is 5.75 Å². The number of para-hydroxylation sites is 1. The molecule has 0 saturated carbocycles. The highest BCUT2D eigenvalue weighted by atomic mass is 16.5. The number of methoxy groups -OCH3 is 1. The Morgan fingerprint density at radius 2 is 2.09 bits per heavy atom. The first-order chi connectivity index (χ1) is 10.7. The summed E-state index contributed by atoms with van der Waals surface area (Å²) in [5.41, 5.74) is 1.76. The topological polar surface area (TPSA) is 61.6 Å². The molecule has 22 heavy (non-hydrogen) atoms. The van der Waals surface area contributed by atoms with Crippen LogP contribution in [-0.4, -0.2) is 24.8 Å². The molecule has 0 aliphatic rings. The lowest BCUT2D eigenvalue weighted by atomic mass is 10.1. The molecule has 0 N–H and O–H groups in total. The van der Waals surface area contributed by atoms with Gasteiger partial charge >= 0.3 is 5.97 Å². The lowest BCUT2D eigenvalue weighted by Crippen LogP contribution is -2.03. The summed E-state index contributed by atoms with van der Waals surface area (Å²) in [4.78, 5) is 11.2. The molecule has 118 valence electrons. The third-order valence-electron chi connectivity index (χ3n) is 3.30. The van der Waals surface area contributed by atoms with Crippen LogP contribution in [0.3, 0.4) is 0 Å². The normalized spacial score (nSPS) is 10.5. The minimum atomic E-state index is -0.141. The van der Waals surface area contributed by atoms with Gasteiger partial charge in [-0.05, 0) is 38.3 Å². The highest BCUT2D eigenvalue weighted by Crippen LogP contribution is 2.30. The highest BCUT2D eigenvalue weighted by Gasteiger charge is 2.11. The fourth-order valence-electron chi connectivity index (χ4n) is 2.21. The molecular weight excluding hydrogens is 282 g/mol. The van der Waals surface area contributed by atoms with Crippen LogP contribution in [0.25, 0.3) is 11.3 Å². The second kappa shape index (κ2) is 8.22. The molecular formula is C17H21NO4. The average Bonchev–Trinajstić information content (AvgIpc) is 3.00. The van der Waals surface area contributed by atoms with Gasteiger partial charge in [-0.1, -0.05) is 17.3 Å². The van der Waals surface area contributed by atoms with Crippen LogP contribution in [0.1, 0.15) is 31.9 Å². The molecule has 0 saturated heterocycles. The van der Waals surface area contributed by atoms with Crippen LogP contribution in [-0.2, 0) is 16.0 Å². The summed E-state index contributed by atoms with van der Waals surface area (Å²) in [5, 5.41) is 4.07. The Labute approximate surface area is 130 Å². The van der Waals surface area contributed by atoms with E-state index in [1.165, 1.54) is 0 Å². The molecule has 0 fully saturated rings. The summed E-state index contributed by atoms with van der Waals surface area (Å²) in [5.74, 6) is 1.31. The third kappa shape index (κ3) is 4.35. The van der Waals surface area contributed by atoms with E-state index in [0.29, 0.717) is 18.8 Å². The molecule has 0 spiro atoms. The van der Waals surface area contributed by atoms with E-state index < -0.39 is 0 Å². The van der Waals surface area contributed by atoms with Crippen molar-refractivity contribution in [2.45, 2.75) is 32.6 Å². The number of aryl methyl sites for hydroxylation is 1. The predicted molar refractivity (Wildman–Crippen MR) is 82.7 cm³/mol. The summed E-state index contributed by atoms with van der Waals surface area (Å²) in [6.45, 7) is 2.25. The monoisotopic (exact) mass is 303 g/mol. The molecule has 0 radical (unpaired) electrons. The molecule has 1 aromatic heterocycles. The number of aromatic nitrogens is 1. The van der Waals surface area contributed by atoms with Gasteiger partial charge in [0.15, 0.2) is 5.76 Å². The van der Waals surface area contributed by atoms with Crippen molar-refractivity contribution in [3.63, 3.8) is 0 Å². The predicted octanol–water partition coefficient (Wildman–Crippen LogP) is 3.63. The van der Waals surface area contributed by atoms with Crippen LogP contribution in [0.4, 0.5) is 0 Å².